The Morgan fingerprint density at radius 1 is 1.39 bits per heavy atom. The van der Waals surface area contributed by atoms with Crippen LogP contribution in [0.1, 0.15) is 12.6 Å². The van der Waals surface area contributed by atoms with Crippen LogP contribution in [0.4, 0.5) is 16.0 Å². The third-order valence-electron chi connectivity index (χ3n) is 2.43. The lowest BCUT2D eigenvalue weighted by Gasteiger charge is -2.20. The molecule has 0 fully saturated rings. The van der Waals surface area contributed by atoms with Gasteiger partial charge < -0.3 is 4.90 Å². The quantitative estimate of drug-likeness (QED) is 0.830. The zero-order valence-corrected chi connectivity index (χ0v) is 9.84. The maximum absolute atomic E-state index is 13.2. The summed E-state index contributed by atoms with van der Waals surface area (Å²) < 4.78 is 13.2. The number of nitriles is 1. The highest BCUT2D eigenvalue weighted by atomic mass is 19.1. The number of aromatic nitrogens is 2. The van der Waals surface area contributed by atoms with Gasteiger partial charge in [-0.2, -0.15) is 5.26 Å². The molecular formula is C13H11FN4. The summed E-state index contributed by atoms with van der Waals surface area (Å²) in [5.74, 6) is 0.0736. The summed E-state index contributed by atoms with van der Waals surface area (Å²) in [7, 11) is 0. The highest BCUT2D eigenvalue weighted by Crippen LogP contribution is 2.22. The molecule has 4 nitrogen and oxygen atoms in total. The molecule has 0 saturated carbocycles. The third-order valence-corrected chi connectivity index (χ3v) is 2.43. The lowest BCUT2D eigenvalue weighted by Crippen LogP contribution is -2.19. The molecule has 1 aromatic carbocycles. The number of hydrogen-bond acceptors (Lipinski definition) is 4. The zero-order valence-electron chi connectivity index (χ0n) is 9.84. The first-order chi connectivity index (χ1) is 8.74. The summed E-state index contributed by atoms with van der Waals surface area (Å²) in [6.45, 7) is 2.49. The SMILES string of the molecule is CCN(c1cccc(F)c1)c1nccc(C#N)n1. The minimum atomic E-state index is -0.317. The van der Waals surface area contributed by atoms with E-state index in [1.54, 1.807) is 17.0 Å². The highest BCUT2D eigenvalue weighted by Gasteiger charge is 2.11. The summed E-state index contributed by atoms with van der Waals surface area (Å²) in [5.41, 5.74) is 0.947. The normalized spacial score (nSPS) is 9.83. The van der Waals surface area contributed by atoms with Crippen molar-refractivity contribution < 1.29 is 4.39 Å². The van der Waals surface area contributed by atoms with Crippen molar-refractivity contribution in [2.24, 2.45) is 0 Å². The Morgan fingerprint density at radius 2 is 2.22 bits per heavy atom. The van der Waals surface area contributed by atoms with Gasteiger partial charge in [-0.3, -0.25) is 0 Å². The molecule has 0 N–H and O–H groups in total. The number of anilines is 2. The second-order valence-electron chi connectivity index (χ2n) is 3.58. The van der Waals surface area contributed by atoms with Crippen LogP contribution in [0, 0.1) is 17.1 Å². The average Bonchev–Trinajstić information content (AvgIpc) is 2.40. The monoisotopic (exact) mass is 242 g/mol. The largest absolute Gasteiger partial charge is 0.311 e. The number of rotatable bonds is 3. The van der Waals surface area contributed by atoms with Gasteiger partial charge in [-0.1, -0.05) is 6.07 Å². The number of benzene rings is 1. The zero-order chi connectivity index (χ0) is 13.0. The maximum Gasteiger partial charge on any atom is 0.231 e. The molecule has 2 aromatic rings. The first-order valence-corrected chi connectivity index (χ1v) is 5.51. The van der Waals surface area contributed by atoms with Gasteiger partial charge in [-0.25, -0.2) is 14.4 Å². The fourth-order valence-electron chi connectivity index (χ4n) is 1.62. The van der Waals surface area contributed by atoms with E-state index in [2.05, 4.69) is 9.97 Å². The summed E-state index contributed by atoms with van der Waals surface area (Å²) >= 11 is 0. The van der Waals surface area contributed by atoms with Gasteiger partial charge in [0.1, 0.15) is 17.6 Å². The summed E-state index contributed by atoms with van der Waals surface area (Å²) in [6, 6.07) is 9.67. The molecule has 18 heavy (non-hydrogen) atoms. The molecule has 0 saturated heterocycles. The van der Waals surface area contributed by atoms with Crippen molar-refractivity contribution in [1.82, 2.24) is 9.97 Å². The molecule has 5 heteroatoms. The average molecular weight is 242 g/mol. The molecular weight excluding hydrogens is 231 g/mol. The summed E-state index contributed by atoms with van der Waals surface area (Å²) in [4.78, 5) is 9.95. The fraction of sp³-hybridized carbons (Fsp3) is 0.154. The van der Waals surface area contributed by atoms with Crippen molar-refractivity contribution in [3.05, 3.63) is 48.0 Å². The third kappa shape index (κ3) is 2.43. The number of halogens is 1. The molecule has 0 aliphatic heterocycles. The van der Waals surface area contributed by atoms with E-state index in [-0.39, 0.29) is 11.5 Å². The van der Waals surface area contributed by atoms with Crippen molar-refractivity contribution in [2.75, 3.05) is 11.4 Å². The first kappa shape index (κ1) is 12.0. The minimum Gasteiger partial charge on any atom is -0.311 e. The van der Waals surface area contributed by atoms with E-state index in [1.807, 2.05) is 13.0 Å². The smallest absolute Gasteiger partial charge is 0.231 e. The van der Waals surface area contributed by atoms with Gasteiger partial charge >= 0.3 is 0 Å². The highest BCUT2D eigenvalue weighted by molar-refractivity contribution is 5.57. The molecule has 1 heterocycles. The van der Waals surface area contributed by atoms with E-state index >= 15 is 0 Å². The summed E-state index contributed by atoms with van der Waals surface area (Å²) in [5, 5.41) is 8.81. The van der Waals surface area contributed by atoms with Crippen molar-refractivity contribution in [1.29, 1.82) is 5.26 Å². The second-order valence-corrected chi connectivity index (χ2v) is 3.58. The van der Waals surface area contributed by atoms with Crippen LogP contribution < -0.4 is 4.90 Å². The van der Waals surface area contributed by atoms with Crippen LogP contribution in [-0.2, 0) is 0 Å². The lowest BCUT2D eigenvalue weighted by atomic mass is 10.3. The van der Waals surface area contributed by atoms with Crippen molar-refractivity contribution in [2.45, 2.75) is 6.92 Å². The van der Waals surface area contributed by atoms with Gasteiger partial charge in [0, 0.05) is 18.4 Å². The van der Waals surface area contributed by atoms with E-state index in [4.69, 9.17) is 5.26 Å². The standard InChI is InChI=1S/C13H11FN4/c1-2-18(12-5-3-4-10(14)8-12)13-16-7-6-11(9-15)17-13/h3-8H,2H2,1H3. The molecule has 90 valence electrons. The van der Waals surface area contributed by atoms with Crippen LogP contribution in [0.2, 0.25) is 0 Å². The Balaban J connectivity index is 2.42. The topological polar surface area (TPSA) is 52.8 Å². The van der Waals surface area contributed by atoms with Gasteiger partial charge in [0.2, 0.25) is 5.95 Å². The molecule has 0 atom stereocenters. The molecule has 0 aliphatic rings. The Kier molecular flexibility index (Phi) is 3.49. The van der Waals surface area contributed by atoms with Gasteiger partial charge in [0.05, 0.1) is 0 Å². The van der Waals surface area contributed by atoms with Crippen LogP contribution in [0.15, 0.2) is 36.5 Å². The minimum absolute atomic E-state index is 0.287. The van der Waals surface area contributed by atoms with Gasteiger partial charge in [0.25, 0.3) is 0 Å². The molecule has 1 aromatic heterocycles. The van der Waals surface area contributed by atoms with E-state index in [1.165, 1.54) is 24.4 Å². The Bertz CT molecular complexity index is 592. The molecule has 0 spiro atoms. The van der Waals surface area contributed by atoms with Gasteiger partial charge in [-0.15, -0.1) is 0 Å². The summed E-state index contributed by atoms with van der Waals surface area (Å²) in [6.07, 6.45) is 1.52. The second kappa shape index (κ2) is 5.23. The Labute approximate surface area is 104 Å². The molecule has 0 bridgehead atoms. The lowest BCUT2D eigenvalue weighted by molar-refractivity contribution is 0.627. The molecule has 2 rings (SSSR count). The maximum atomic E-state index is 13.2. The fourth-order valence-corrected chi connectivity index (χ4v) is 1.62. The number of hydrogen-bond donors (Lipinski definition) is 0. The van der Waals surface area contributed by atoms with Crippen LogP contribution in [-0.4, -0.2) is 16.5 Å². The van der Waals surface area contributed by atoms with E-state index in [0.29, 0.717) is 18.2 Å². The van der Waals surface area contributed by atoms with Crippen LogP contribution in [0.3, 0.4) is 0 Å². The predicted octanol–water partition coefficient (Wildman–Crippen LogP) is 2.65. The van der Waals surface area contributed by atoms with Crippen molar-refractivity contribution in [3.8, 4) is 6.07 Å². The van der Waals surface area contributed by atoms with Crippen LogP contribution in [0.25, 0.3) is 0 Å². The van der Waals surface area contributed by atoms with Crippen molar-refractivity contribution in [3.63, 3.8) is 0 Å². The van der Waals surface area contributed by atoms with E-state index < -0.39 is 0 Å². The van der Waals surface area contributed by atoms with Crippen LogP contribution in [0.5, 0.6) is 0 Å². The predicted molar refractivity (Wildman–Crippen MR) is 65.8 cm³/mol. The first-order valence-electron chi connectivity index (χ1n) is 5.51. The molecule has 0 unspecified atom stereocenters. The van der Waals surface area contributed by atoms with E-state index in [9.17, 15) is 4.39 Å². The van der Waals surface area contributed by atoms with E-state index in [0.717, 1.165) is 0 Å². The van der Waals surface area contributed by atoms with Crippen molar-refractivity contribution >= 4 is 11.6 Å². The number of nitrogens with zero attached hydrogens (tertiary/aromatic N) is 4. The van der Waals surface area contributed by atoms with Gasteiger partial charge in [-0.05, 0) is 31.2 Å². The Morgan fingerprint density at radius 3 is 2.89 bits per heavy atom. The van der Waals surface area contributed by atoms with Gasteiger partial charge in [0.15, 0.2) is 0 Å². The Hall–Kier alpha value is -2.48. The molecule has 0 radical (unpaired) electrons. The van der Waals surface area contributed by atoms with Crippen LogP contribution >= 0.6 is 0 Å². The molecule has 0 amide bonds. The molecule has 0 aliphatic carbocycles.